The monoisotopic (exact) mass is 366 g/mol. The Labute approximate surface area is 142 Å². The number of unbranched alkanes of at least 4 members (excludes halogenated alkanes) is 6. The van der Waals surface area contributed by atoms with Crippen molar-refractivity contribution in [2.24, 2.45) is 5.10 Å². The van der Waals surface area contributed by atoms with Crippen LogP contribution in [0.15, 0.2) is 33.8 Å². The molecule has 1 amide bonds. The Hall–Kier alpha value is -1.16. The number of hydrazone groups is 1. The highest BCUT2D eigenvalue weighted by atomic mass is 79.9. The Balaban J connectivity index is 2.21. The fourth-order valence-electron chi connectivity index (χ4n) is 2.22. The van der Waals surface area contributed by atoms with Crippen molar-refractivity contribution in [2.75, 3.05) is 0 Å². The van der Waals surface area contributed by atoms with Crippen molar-refractivity contribution in [3.63, 3.8) is 0 Å². The summed E-state index contributed by atoms with van der Waals surface area (Å²) in [7, 11) is 0. The molecule has 1 aromatic carbocycles. The number of nitrogens with one attached hydrogen (secondary N) is 1. The average molecular weight is 367 g/mol. The maximum Gasteiger partial charge on any atom is 0.240 e. The maximum atomic E-state index is 11.8. The second kappa shape index (κ2) is 11.4. The van der Waals surface area contributed by atoms with Gasteiger partial charge in [-0.2, -0.15) is 5.10 Å². The Morgan fingerprint density at radius 3 is 2.50 bits per heavy atom. The van der Waals surface area contributed by atoms with Crippen molar-refractivity contribution in [2.45, 2.75) is 65.2 Å². The van der Waals surface area contributed by atoms with Crippen molar-refractivity contribution in [3.05, 3.63) is 34.3 Å². The van der Waals surface area contributed by atoms with Crippen LogP contribution in [0.25, 0.3) is 0 Å². The highest BCUT2D eigenvalue weighted by Crippen LogP contribution is 2.12. The van der Waals surface area contributed by atoms with Crippen LogP contribution < -0.4 is 5.43 Å². The molecule has 1 rings (SSSR count). The molecule has 122 valence electrons. The van der Waals surface area contributed by atoms with E-state index in [9.17, 15) is 4.79 Å². The second-order valence-corrected chi connectivity index (χ2v) is 6.53. The van der Waals surface area contributed by atoms with Gasteiger partial charge in [0.25, 0.3) is 0 Å². The molecule has 4 heteroatoms. The predicted octanol–water partition coefficient (Wildman–Crippen LogP) is 5.43. The van der Waals surface area contributed by atoms with Gasteiger partial charge in [0.05, 0.1) is 5.71 Å². The first-order valence-corrected chi connectivity index (χ1v) is 9.02. The molecule has 0 spiro atoms. The number of carbonyl (C=O) groups is 1. The lowest BCUT2D eigenvalue weighted by Gasteiger charge is -2.04. The topological polar surface area (TPSA) is 41.5 Å². The summed E-state index contributed by atoms with van der Waals surface area (Å²) in [4.78, 5) is 11.8. The molecule has 0 saturated heterocycles. The number of benzene rings is 1. The standard InChI is InChI=1S/C18H27BrN2O/c1-3-4-5-6-7-8-9-13-18(22)21-20-15(2)16-11-10-12-17(19)14-16/h10-12,14H,3-9,13H2,1-2H3,(H,21,22)/b20-15+. The van der Waals surface area contributed by atoms with E-state index in [1.54, 1.807) is 0 Å². The number of hydrogen-bond donors (Lipinski definition) is 1. The maximum absolute atomic E-state index is 11.8. The zero-order valence-corrected chi connectivity index (χ0v) is 15.3. The van der Waals surface area contributed by atoms with E-state index in [1.165, 1.54) is 32.1 Å². The number of rotatable bonds is 10. The van der Waals surface area contributed by atoms with E-state index in [0.717, 1.165) is 28.6 Å². The molecule has 22 heavy (non-hydrogen) atoms. The van der Waals surface area contributed by atoms with Gasteiger partial charge in [0.1, 0.15) is 0 Å². The lowest BCUT2D eigenvalue weighted by Crippen LogP contribution is -2.18. The van der Waals surface area contributed by atoms with Crippen LogP contribution in [0.5, 0.6) is 0 Å². The fraction of sp³-hybridized carbons (Fsp3) is 0.556. The quantitative estimate of drug-likeness (QED) is 0.334. The summed E-state index contributed by atoms with van der Waals surface area (Å²) in [5, 5.41) is 4.17. The van der Waals surface area contributed by atoms with Crippen LogP contribution in [-0.4, -0.2) is 11.6 Å². The largest absolute Gasteiger partial charge is 0.273 e. The molecular weight excluding hydrogens is 340 g/mol. The third-order valence-electron chi connectivity index (χ3n) is 3.60. The van der Waals surface area contributed by atoms with Gasteiger partial charge in [-0.25, -0.2) is 5.43 Å². The molecule has 0 saturated carbocycles. The van der Waals surface area contributed by atoms with Crippen LogP contribution >= 0.6 is 15.9 Å². The molecule has 0 unspecified atom stereocenters. The molecular formula is C18H27BrN2O. The molecule has 0 aliphatic carbocycles. The fourth-order valence-corrected chi connectivity index (χ4v) is 2.62. The van der Waals surface area contributed by atoms with E-state index in [0.29, 0.717) is 6.42 Å². The molecule has 0 heterocycles. The first kappa shape index (κ1) is 18.9. The second-order valence-electron chi connectivity index (χ2n) is 5.61. The van der Waals surface area contributed by atoms with Gasteiger partial charge in [0.15, 0.2) is 0 Å². The van der Waals surface area contributed by atoms with Gasteiger partial charge in [-0.1, -0.05) is 73.5 Å². The van der Waals surface area contributed by atoms with Gasteiger partial charge in [-0.3, -0.25) is 4.79 Å². The van der Waals surface area contributed by atoms with Crippen LogP contribution in [0.4, 0.5) is 0 Å². The molecule has 0 aliphatic heterocycles. The minimum absolute atomic E-state index is 0.00269. The number of nitrogens with zero attached hydrogens (tertiary/aromatic N) is 1. The van der Waals surface area contributed by atoms with E-state index in [2.05, 4.69) is 33.4 Å². The summed E-state index contributed by atoms with van der Waals surface area (Å²) >= 11 is 3.43. The molecule has 0 bridgehead atoms. The van der Waals surface area contributed by atoms with E-state index in [1.807, 2.05) is 31.2 Å². The first-order chi connectivity index (χ1) is 10.6. The van der Waals surface area contributed by atoms with Gasteiger partial charge >= 0.3 is 0 Å². The summed E-state index contributed by atoms with van der Waals surface area (Å²) in [6.45, 7) is 4.12. The third-order valence-corrected chi connectivity index (χ3v) is 4.09. The van der Waals surface area contributed by atoms with Gasteiger partial charge in [0.2, 0.25) is 5.91 Å². The average Bonchev–Trinajstić information content (AvgIpc) is 2.51. The molecule has 0 atom stereocenters. The summed E-state index contributed by atoms with van der Waals surface area (Å²) < 4.78 is 1.01. The van der Waals surface area contributed by atoms with E-state index in [4.69, 9.17) is 0 Å². The molecule has 3 nitrogen and oxygen atoms in total. The summed E-state index contributed by atoms with van der Waals surface area (Å²) in [5.74, 6) is 0.00269. The van der Waals surface area contributed by atoms with Gasteiger partial charge in [-0.05, 0) is 31.0 Å². The van der Waals surface area contributed by atoms with Crippen LogP contribution in [0.1, 0.15) is 70.8 Å². The summed E-state index contributed by atoms with van der Waals surface area (Å²) in [5.41, 5.74) is 4.46. The van der Waals surface area contributed by atoms with E-state index in [-0.39, 0.29) is 5.91 Å². The van der Waals surface area contributed by atoms with Crippen LogP contribution in [0.3, 0.4) is 0 Å². The van der Waals surface area contributed by atoms with Crippen molar-refractivity contribution in [1.29, 1.82) is 0 Å². The number of carbonyl (C=O) groups excluding carboxylic acids is 1. The Kier molecular flexibility index (Phi) is 9.80. The van der Waals surface area contributed by atoms with Gasteiger partial charge < -0.3 is 0 Å². The number of halogens is 1. The van der Waals surface area contributed by atoms with Gasteiger partial charge in [0, 0.05) is 10.9 Å². The number of hydrogen-bond acceptors (Lipinski definition) is 2. The van der Waals surface area contributed by atoms with Crippen LogP contribution in [0, 0.1) is 0 Å². The summed E-state index contributed by atoms with van der Waals surface area (Å²) in [6, 6.07) is 7.89. The molecule has 0 radical (unpaired) electrons. The van der Waals surface area contributed by atoms with E-state index >= 15 is 0 Å². The highest BCUT2D eigenvalue weighted by molar-refractivity contribution is 9.10. The van der Waals surface area contributed by atoms with Crippen LogP contribution in [-0.2, 0) is 4.79 Å². The molecule has 1 aromatic rings. The molecule has 1 N–H and O–H groups in total. The first-order valence-electron chi connectivity index (χ1n) is 8.22. The summed E-state index contributed by atoms with van der Waals surface area (Å²) in [6.07, 6.45) is 9.07. The normalized spacial score (nSPS) is 11.5. The van der Waals surface area contributed by atoms with Crippen molar-refractivity contribution >= 4 is 27.5 Å². The Morgan fingerprint density at radius 2 is 1.82 bits per heavy atom. The zero-order chi connectivity index (χ0) is 16.2. The number of amides is 1. The predicted molar refractivity (Wildman–Crippen MR) is 97.1 cm³/mol. The zero-order valence-electron chi connectivity index (χ0n) is 13.7. The minimum Gasteiger partial charge on any atom is -0.273 e. The minimum atomic E-state index is 0.00269. The lowest BCUT2D eigenvalue weighted by molar-refractivity contribution is -0.121. The third kappa shape index (κ3) is 8.32. The smallest absolute Gasteiger partial charge is 0.240 e. The van der Waals surface area contributed by atoms with Gasteiger partial charge in [-0.15, -0.1) is 0 Å². The van der Waals surface area contributed by atoms with Crippen molar-refractivity contribution in [3.8, 4) is 0 Å². The Bertz CT molecular complexity index is 486. The van der Waals surface area contributed by atoms with Crippen molar-refractivity contribution < 1.29 is 4.79 Å². The lowest BCUT2D eigenvalue weighted by atomic mass is 10.1. The SMILES string of the molecule is CCCCCCCCCC(=O)N/N=C(\C)c1cccc(Br)c1. The van der Waals surface area contributed by atoms with Crippen molar-refractivity contribution in [1.82, 2.24) is 5.43 Å². The Morgan fingerprint density at radius 1 is 1.14 bits per heavy atom. The molecule has 0 fully saturated rings. The molecule has 0 aliphatic rings. The highest BCUT2D eigenvalue weighted by Gasteiger charge is 2.02. The molecule has 0 aromatic heterocycles. The van der Waals surface area contributed by atoms with E-state index < -0.39 is 0 Å². The van der Waals surface area contributed by atoms with Crippen LogP contribution in [0.2, 0.25) is 0 Å².